The van der Waals surface area contributed by atoms with Gasteiger partial charge in [0.2, 0.25) is 0 Å². The van der Waals surface area contributed by atoms with Crippen molar-refractivity contribution in [3.8, 4) is 5.75 Å². The third kappa shape index (κ3) is 7.22. The molecule has 0 saturated carbocycles. The third-order valence-electron chi connectivity index (χ3n) is 3.51. The van der Waals surface area contributed by atoms with E-state index in [1.807, 2.05) is 12.1 Å². The average Bonchev–Trinajstić information content (AvgIpc) is 3.06. The summed E-state index contributed by atoms with van der Waals surface area (Å²) < 4.78 is 10.5. The molecule has 0 unspecified atom stereocenters. The van der Waals surface area contributed by atoms with Gasteiger partial charge >= 0.3 is 0 Å². The number of halogens is 1. The highest BCUT2D eigenvalue weighted by Crippen LogP contribution is 2.12. The van der Waals surface area contributed by atoms with Crippen LogP contribution in [0.4, 0.5) is 0 Å². The van der Waals surface area contributed by atoms with E-state index < -0.39 is 0 Å². The highest BCUT2D eigenvalue weighted by molar-refractivity contribution is 14.0. The summed E-state index contributed by atoms with van der Waals surface area (Å²) in [6.07, 6.45) is 6.53. The zero-order valence-corrected chi connectivity index (χ0v) is 16.1. The molecule has 1 aromatic carbocycles. The summed E-state index contributed by atoms with van der Waals surface area (Å²) in [4.78, 5) is 4.26. The molecule has 128 valence electrons. The van der Waals surface area contributed by atoms with Crippen molar-refractivity contribution < 1.29 is 9.47 Å². The summed E-state index contributed by atoms with van der Waals surface area (Å²) in [6.45, 7) is 1.90. The molecule has 0 bridgehead atoms. The van der Waals surface area contributed by atoms with Gasteiger partial charge in [0.25, 0.3) is 0 Å². The molecule has 0 radical (unpaired) electrons. The van der Waals surface area contributed by atoms with Crippen LogP contribution in [0.15, 0.2) is 41.4 Å². The van der Waals surface area contributed by atoms with Gasteiger partial charge in [-0.2, -0.15) is 0 Å². The number of hydrogen-bond acceptors (Lipinski definition) is 3. The molecular formula is C17H26IN3O2. The van der Waals surface area contributed by atoms with Crippen molar-refractivity contribution in [1.82, 2.24) is 10.6 Å². The molecule has 0 saturated heterocycles. The Labute approximate surface area is 155 Å². The molecule has 0 amide bonds. The van der Waals surface area contributed by atoms with Crippen molar-refractivity contribution in [2.75, 3.05) is 27.4 Å². The second-order valence-corrected chi connectivity index (χ2v) is 5.20. The van der Waals surface area contributed by atoms with Crippen molar-refractivity contribution in [2.45, 2.75) is 25.4 Å². The van der Waals surface area contributed by atoms with Crippen LogP contribution in [0.3, 0.4) is 0 Å². The minimum Gasteiger partial charge on any atom is -0.491 e. The Kier molecular flexibility index (Phi) is 9.70. The zero-order chi connectivity index (χ0) is 15.6. The highest BCUT2D eigenvalue weighted by Gasteiger charge is 2.11. The number of ether oxygens (including phenoxy) is 2. The van der Waals surface area contributed by atoms with E-state index in [2.05, 4.69) is 39.9 Å². The maximum absolute atomic E-state index is 5.55. The standard InChI is InChI=1S/C17H25N3O2.HI/c1-18-17(20-15-5-3-4-6-15)19-13-14-7-9-16(10-8-14)22-12-11-21-2;/h3-4,7-10,15H,5-6,11-13H2,1-2H3,(H2,18,19,20);1H. The lowest BCUT2D eigenvalue weighted by Crippen LogP contribution is -2.42. The Morgan fingerprint density at radius 3 is 2.48 bits per heavy atom. The van der Waals surface area contributed by atoms with E-state index >= 15 is 0 Å². The van der Waals surface area contributed by atoms with Gasteiger partial charge in [-0.15, -0.1) is 24.0 Å². The molecule has 1 aliphatic carbocycles. The van der Waals surface area contributed by atoms with Gasteiger partial charge in [0.1, 0.15) is 12.4 Å². The Bertz CT molecular complexity index is 495. The predicted octanol–water partition coefficient (Wildman–Crippen LogP) is 2.71. The van der Waals surface area contributed by atoms with Gasteiger partial charge in [0, 0.05) is 26.7 Å². The Morgan fingerprint density at radius 1 is 1.17 bits per heavy atom. The van der Waals surface area contributed by atoms with Crippen LogP contribution < -0.4 is 15.4 Å². The largest absolute Gasteiger partial charge is 0.491 e. The smallest absolute Gasteiger partial charge is 0.191 e. The van der Waals surface area contributed by atoms with E-state index in [9.17, 15) is 0 Å². The van der Waals surface area contributed by atoms with E-state index in [1.54, 1.807) is 14.2 Å². The second kappa shape index (κ2) is 11.3. The molecule has 1 aromatic rings. The summed E-state index contributed by atoms with van der Waals surface area (Å²) in [5, 5.41) is 6.75. The van der Waals surface area contributed by atoms with E-state index in [4.69, 9.17) is 9.47 Å². The topological polar surface area (TPSA) is 54.9 Å². The number of rotatable bonds is 7. The lowest BCUT2D eigenvalue weighted by Gasteiger charge is -2.17. The van der Waals surface area contributed by atoms with Gasteiger partial charge < -0.3 is 20.1 Å². The summed E-state index contributed by atoms with van der Waals surface area (Å²) in [5.41, 5.74) is 1.19. The van der Waals surface area contributed by atoms with Crippen LogP contribution in [0.25, 0.3) is 0 Å². The predicted molar refractivity (Wildman–Crippen MR) is 105 cm³/mol. The first-order valence-electron chi connectivity index (χ1n) is 7.64. The number of nitrogens with zero attached hydrogens (tertiary/aromatic N) is 1. The lowest BCUT2D eigenvalue weighted by atomic mass is 10.2. The van der Waals surface area contributed by atoms with Crippen molar-refractivity contribution in [3.63, 3.8) is 0 Å². The summed E-state index contributed by atoms with van der Waals surface area (Å²) >= 11 is 0. The summed E-state index contributed by atoms with van der Waals surface area (Å²) in [5.74, 6) is 1.70. The van der Waals surface area contributed by atoms with E-state index in [0.29, 0.717) is 19.3 Å². The highest BCUT2D eigenvalue weighted by atomic mass is 127. The van der Waals surface area contributed by atoms with Crippen molar-refractivity contribution in [3.05, 3.63) is 42.0 Å². The van der Waals surface area contributed by atoms with E-state index in [0.717, 1.165) is 31.1 Å². The minimum absolute atomic E-state index is 0. The molecule has 2 N–H and O–H groups in total. The fourth-order valence-electron chi connectivity index (χ4n) is 2.26. The van der Waals surface area contributed by atoms with Crippen molar-refractivity contribution in [1.29, 1.82) is 0 Å². The number of guanidine groups is 1. The number of aliphatic imine (C=N–C) groups is 1. The van der Waals surface area contributed by atoms with E-state index in [-0.39, 0.29) is 24.0 Å². The molecule has 0 heterocycles. The molecule has 0 spiro atoms. The zero-order valence-electron chi connectivity index (χ0n) is 13.7. The maximum Gasteiger partial charge on any atom is 0.191 e. The third-order valence-corrected chi connectivity index (χ3v) is 3.51. The fourth-order valence-corrected chi connectivity index (χ4v) is 2.26. The molecule has 1 aliphatic rings. The van der Waals surface area contributed by atoms with Crippen LogP contribution in [-0.4, -0.2) is 39.4 Å². The van der Waals surface area contributed by atoms with Crippen LogP contribution in [0.1, 0.15) is 18.4 Å². The van der Waals surface area contributed by atoms with Gasteiger partial charge in [0.05, 0.1) is 6.61 Å². The molecule has 0 aliphatic heterocycles. The average molecular weight is 431 g/mol. The normalized spacial score (nSPS) is 14.4. The first kappa shape index (κ1) is 19.8. The Morgan fingerprint density at radius 2 is 1.87 bits per heavy atom. The monoisotopic (exact) mass is 431 g/mol. The first-order chi connectivity index (χ1) is 10.8. The first-order valence-corrected chi connectivity index (χ1v) is 7.64. The van der Waals surface area contributed by atoms with Crippen LogP contribution in [0, 0.1) is 0 Å². The van der Waals surface area contributed by atoms with Crippen LogP contribution >= 0.6 is 24.0 Å². The van der Waals surface area contributed by atoms with Crippen LogP contribution in [-0.2, 0) is 11.3 Å². The van der Waals surface area contributed by atoms with Gasteiger partial charge in [-0.25, -0.2) is 0 Å². The Hall–Kier alpha value is -1.28. The Balaban J connectivity index is 0.00000264. The van der Waals surface area contributed by atoms with E-state index in [1.165, 1.54) is 5.56 Å². The number of nitrogens with one attached hydrogen (secondary N) is 2. The number of hydrogen-bond donors (Lipinski definition) is 2. The quantitative estimate of drug-likeness (QED) is 0.229. The molecule has 6 heteroatoms. The van der Waals surface area contributed by atoms with Crippen molar-refractivity contribution >= 4 is 29.9 Å². The number of benzene rings is 1. The molecule has 5 nitrogen and oxygen atoms in total. The van der Waals surface area contributed by atoms with Crippen LogP contribution in [0.5, 0.6) is 5.75 Å². The summed E-state index contributed by atoms with van der Waals surface area (Å²) in [7, 11) is 3.46. The lowest BCUT2D eigenvalue weighted by molar-refractivity contribution is 0.146. The molecular weight excluding hydrogens is 405 g/mol. The maximum atomic E-state index is 5.55. The molecule has 0 aromatic heterocycles. The van der Waals surface area contributed by atoms with Gasteiger partial charge in [-0.1, -0.05) is 24.3 Å². The van der Waals surface area contributed by atoms with Crippen molar-refractivity contribution in [2.24, 2.45) is 4.99 Å². The van der Waals surface area contributed by atoms with Gasteiger partial charge in [0.15, 0.2) is 5.96 Å². The SMILES string of the molecule is CN=C(NCc1ccc(OCCOC)cc1)NC1CC=CC1.I. The van der Waals surface area contributed by atoms with Crippen LogP contribution in [0.2, 0.25) is 0 Å². The molecule has 2 rings (SSSR count). The fraction of sp³-hybridized carbons (Fsp3) is 0.471. The van der Waals surface area contributed by atoms with Gasteiger partial charge in [-0.05, 0) is 30.5 Å². The second-order valence-electron chi connectivity index (χ2n) is 5.20. The molecule has 0 fully saturated rings. The minimum atomic E-state index is 0. The number of methoxy groups -OCH3 is 1. The molecule has 0 atom stereocenters. The van der Waals surface area contributed by atoms with Gasteiger partial charge in [-0.3, -0.25) is 4.99 Å². The molecule has 23 heavy (non-hydrogen) atoms. The summed E-state index contributed by atoms with van der Waals surface area (Å²) in [6, 6.07) is 8.52.